The molecule has 0 bridgehead atoms. The monoisotopic (exact) mass is 387 g/mol. The highest BCUT2D eigenvalue weighted by atomic mass is 35.5. The van der Waals surface area contributed by atoms with Gasteiger partial charge >= 0.3 is 0 Å². The number of nitrogens with one attached hydrogen (secondary N) is 2. The van der Waals surface area contributed by atoms with Gasteiger partial charge in [-0.15, -0.1) is 12.4 Å². The van der Waals surface area contributed by atoms with Gasteiger partial charge in [-0.2, -0.15) is 0 Å². The van der Waals surface area contributed by atoms with Crippen molar-refractivity contribution in [1.82, 2.24) is 5.32 Å². The molecule has 2 aromatic rings. The van der Waals surface area contributed by atoms with Crippen LogP contribution in [0.3, 0.4) is 0 Å². The molecule has 144 valence electrons. The highest BCUT2D eigenvalue weighted by Gasteiger charge is 2.20. The third-order valence-electron chi connectivity index (χ3n) is 4.76. The number of halogens is 1. The van der Waals surface area contributed by atoms with Gasteiger partial charge in [-0.3, -0.25) is 9.59 Å². The van der Waals surface area contributed by atoms with E-state index >= 15 is 0 Å². The molecule has 1 aliphatic rings. The van der Waals surface area contributed by atoms with Crippen LogP contribution in [0.1, 0.15) is 18.4 Å². The van der Waals surface area contributed by atoms with Gasteiger partial charge in [0.15, 0.2) is 0 Å². The van der Waals surface area contributed by atoms with Crippen LogP contribution in [0.25, 0.3) is 0 Å². The fraction of sp³-hybridized carbons (Fsp3) is 0.333. The lowest BCUT2D eigenvalue weighted by molar-refractivity contribution is -0.120. The SMILES string of the molecule is CN(C(=O)Cc1ccc(NC(=O)C2CCCNC2)cc1)c1ccccc1.Cl. The molecule has 27 heavy (non-hydrogen) atoms. The molecular formula is C21H26ClN3O2. The normalized spacial score (nSPS) is 16.1. The lowest BCUT2D eigenvalue weighted by Gasteiger charge is -2.22. The van der Waals surface area contributed by atoms with E-state index in [1.807, 2.05) is 54.6 Å². The van der Waals surface area contributed by atoms with E-state index in [-0.39, 0.29) is 30.1 Å². The molecule has 0 aliphatic carbocycles. The second kappa shape index (κ2) is 10.1. The van der Waals surface area contributed by atoms with Crippen LogP contribution >= 0.6 is 12.4 Å². The summed E-state index contributed by atoms with van der Waals surface area (Å²) >= 11 is 0. The largest absolute Gasteiger partial charge is 0.326 e. The van der Waals surface area contributed by atoms with E-state index < -0.39 is 0 Å². The Hall–Kier alpha value is -2.37. The van der Waals surface area contributed by atoms with Crippen molar-refractivity contribution in [3.63, 3.8) is 0 Å². The van der Waals surface area contributed by atoms with E-state index in [2.05, 4.69) is 10.6 Å². The van der Waals surface area contributed by atoms with Gasteiger partial charge in [0.2, 0.25) is 11.8 Å². The molecule has 0 spiro atoms. The molecule has 5 nitrogen and oxygen atoms in total. The lowest BCUT2D eigenvalue weighted by atomic mass is 9.99. The number of carbonyl (C=O) groups is 2. The Bertz CT molecular complexity index is 744. The minimum Gasteiger partial charge on any atom is -0.326 e. The molecule has 1 heterocycles. The molecule has 1 aliphatic heterocycles. The Balaban J connectivity index is 0.00000261. The quantitative estimate of drug-likeness (QED) is 0.827. The Morgan fingerprint density at radius 1 is 1.11 bits per heavy atom. The molecule has 1 atom stereocenters. The van der Waals surface area contributed by atoms with Crippen molar-refractivity contribution in [2.75, 3.05) is 30.4 Å². The second-order valence-electron chi connectivity index (χ2n) is 6.69. The summed E-state index contributed by atoms with van der Waals surface area (Å²) in [6.45, 7) is 1.73. The first kappa shape index (κ1) is 20.9. The van der Waals surface area contributed by atoms with E-state index in [1.54, 1.807) is 11.9 Å². The van der Waals surface area contributed by atoms with E-state index in [1.165, 1.54) is 0 Å². The fourth-order valence-corrected chi connectivity index (χ4v) is 3.11. The van der Waals surface area contributed by atoms with Crippen LogP contribution in [-0.2, 0) is 16.0 Å². The van der Waals surface area contributed by atoms with Gasteiger partial charge in [-0.1, -0.05) is 30.3 Å². The molecule has 2 N–H and O–H groups in total. The maximum atomic E-state index is 12.4. The van der Waals surface area contributed by atoms with E-state index in [9.17, 15) is 9.59 Å². The number of amides is 2. The number of carbonyl (C=O) groups excluding carboxylic acids is 2. The summed E-state index contributed by atoms with van der Waals surface area (Å²) in [4.78, 5) is 26.4. The standard InChI is InChI=1S/C21H25N3O2.ClH/c1-24(19-7-3-2-4-8-19)20(25)14-16-9-11-18(12-10-16)23-21(26)17-6-5-13-22-15-17;/h2-4,7-12,17,22H,5-6,13-15H2,1H3,(H,23,26);1H. The minimum atomic E-state index is 0. The summed E-state index contributed by atoms with van der Waals surface area (Å²) < 4.78 is 0. The molecule has 3 rings (SSSR count). The Labute approximate surface area is 166 Å². The summed E-state index contributed by atoms with van der Waals surface area (Å²) in [5.41, 5.74) is 2.57. The number of anilines is 2. The summed E-state index contributed by atoms with van der Waals surface area (Å²) in [7, 11) is 1.78. The third kappa shape index (κ3) is 5.81. The second-order valence-corrected chi connectivity index (χ2v) is 6.69. The van der Waals surface area contributed by atoms with E-state index in [0.717, 1.165) is 42.9 Å². The molecule has 2 amide bonds. The van der Waals surface area contributed by atoms with Crippen LogP contribution in [-0.4, -0.2) is 32.0 Å². The van der Waals surface area contributed by atoms with Gasteiger partial charge in [0.25, 0.3) is 0 Å². The number of para-hydroxylation sites is 1. The first-order chi connectivity index (χ1) is 12.6. The van der Waals surface area contributed by atoms with Gasteiger partial charge in [0, 0.05) is 25.0 Å². The molecule has 0 aromatic heterocycles. The fourth-order valence-electron chi connectivity index (χ4n) is 3.11. The first-order valence-electron chi connectivity index (χ1n) is 9.05. The third-order valence-corrected chi connectivity index (χ3v) is 4.76. The van der Waals surface area contributed by atoms with Gasteiger partial charge in [-0.25, -0.2) is 0 Å². The van der Waals surface area contributed by atoms with Crippen LogP contribution in [0.2, 0.25) is 0 Å². The minimum absolute atomic E-state index is 0. The van der Waals surface area contributed by atoms with Crippen molar-refractivity contribution in [2.45, 2.75) is 19.3 Å². The lowest BCUT2D eigenvalue weighted by Crippen LogP contribution is -2.37. The van der Waals surface area contributed by atoms with Crippen LogP contribution in [0.15, 0.2) is 54.6 Å². The Kier molecular flexibility index (Phi) is 7.82. The van der Waals surface area contributed by atoms with Crippen molar-refractivity contribution in [3.05, 3.63) is 60.2 Å². The maximum Gasteiger partial charge on any atom is 0.231 e. The summed E-state index contributed by atoms with van der Waals surface area (Å²) in [6, 6.07) is 17.1. The van der Waals surface area contributed by atoms with Crippen molar-refractivity contribution in [2.24, 2.45) is 5.92 Å². The zero-order valence-electron chi connectivity index (χ0n) is 15.5. The van der Waals surface area contributed by atoms with Gasteiger partial charge in [0.1, 0.15) is 0 Å². The first-order valence-corrected chi connectivity index (χ1v) is 9.05. The molecule has 6 heteroatoms. The molecule has 1 fully saturated rings. The van der Waals surface area contributed by atoms with Gasteiger partial charge in [-0.05, 0) is 49.2 Å². The number of likely N-dealkylation sites (N-methyl/N-ethyl adjacent to an activating group) is 1. The zero-order chi connectivity index (χ0) is 18.4. The number of benzene rings is 2. The Morgan fingerprint density at radius 2 is 1.81 bits per heavy atom. The van der Waals surface area contributed by atoms with Crippen LogP contribution in [0.4, 0.5) is 11.4 Å². The zero-order valence-corrected chi connectivity index (χ0v) is 16.3. The van der Waals surface area contributed by atoms with Gasteiger partial charge in [0.05, 0.1) is 12.3 Å². The maximum absolute atomic E-state index is 12.4. The van der Waals surface area contributed by atoms with E-state index in [0.29, 0.717) is 6.42 Å². The average Bonchev–Trinajstić information content (AvgIpc) is 2.70. The average molecular weight is 388 g/mol. The summed E-state index contributed by atoms with van der Waals surface area (Å²) in [5, 5.41) is 6.22. The van der Waals surface area contributed by atoms with Crippen LogP contribution in [0, 0.1) is 5.92 Å². The molecular weight excluding hydrogens is 362 g/mol. The smallest absolute Gasteiger partial charge is 0.231 e. The number of hydrogen-bond acceptors (Lipinski definition) is 3. The number of piperidine rings is 1. The predicted octanol–water partition coefficient (Wildman–Crippen LogP) is 3.25. The topological polar surface area (TPSA) is 61.4 Å². The summed E-state index contributed by atoms with van der Waals surface area (Å²) in [5.74, 6) is 0.121. The van der Waals surface area contributed by atoms with Crippen molar-refractivity contribution >= 4 is 35.6 Å². The molecule has 1 saturated heterocycles. The highest BCUT2D eigenvalue weighted by molar-refractivity contribution is 5.95. The number of hydrogen-bond donors (Lipinski definition) is 2. The van der Waals surface area contributed by atoms with Crippen molar-refractivity contribution in [1.29, 1.82) is 0 Å². The number of nitrogens with zero attached hydrogens (tertiary/aromatic N) is 1. The van der Waals surface area contributed by atoms with Crippen molar-refractivity contribution < 1.29 is 9.59 Å². The number of rotatable bonds is 5. The van der Waals surface area contributed by atoms with E-state index in [4.69, 9.17) is 0 Å². The van der Waals surface area contributed by atoms with Crippen LogP contribution < -0.4 is 15.5 Å². The molecule has 0 saturated carbocycles. The molecule has 0 radical (unpaired) electrons. The van der Waals surface area contributed by atoms with Crippen molar-refractivity contribution in [3.8, 4) is 0 Å². The van der Waals surface area contributed by atoms with Gasteiger partial charge < -0.3 is 15.5 Å². The molecule has 1 unspecified atom stereocenters. The Morgan fingerprint density at radius 3 is 2.44 bits per heavy atom. The highest BCUT2D eigenvalue weighted by Crippen LogP contribution is 2.17. The summed E-state index contributed by atoms with van der Waals surface area (Å²) in [6.07, 6.45) is 2.29. The molecule has 2 aromatic carbocycles. The van der Waals surface area contributed by atoms with Crippen LogP contribution in [0.5, 0.6) is 0 Å². The predicted molar refractivity (Wildman–Crippen MR) is 111 cm³/mol.